The molecule has 0 saturated carbocycles. The molecule has 0 spiro atoms. The Bertz CT molecular complexity index is 6480. The lowest BCUT2D eigenvalue weighted by molar-refractivity contribution is 0.403. The number of hydrogen-bond acceptors (Lipinski definition) is 56. The largest absolute Gasteiger partial charge is 0.504 e. The van der Waals surface area contributed by atoms with Gasteiger partial charge in [-0.1, -0.05) is 42.5 Å². The second-order valence-electron chi connectivity index (χ2n) is 31.7. The van der Waals surface area contributed by atoms with Gasteiger partial charge in [0.1, 0.15) is 0 Å². The number of aromatic hydroxyl groups is 14. The molecule has 0 unspecified atom stereocenters. The maximum absolute atomic E-state index is 9.50. The number of likely N-dealkylation sites (N-methyl/N-ethyl adjacent to an activating group) is 2. The Hall–Kier alpha value is -19.4. The highest BCUT2D eigenvalue weighted by atomic mass is 16.3. The van der Waals surface area contributed by atoms with Gasteiger partial charge in [-0.15, -0.1) is 0 Å². The first-order valence-electron chi connectivity index (χ1n) is 43.9. The zero-order valence-corrected chi connectivity index (χ0v) is 81.7. The van der Waals surface area contributed by atoms with Crippen molar-refractivity contribution in [3.8, 4) is 80.5 Å². The number of nitrogens with one attached hydrogen (secondary N) is 8. The van der Waals surface area contributed by atoms with Crippen LogP contribution < -0.4 is 112 Å². The second kappa shape index (κ2) is 54.1. The minimum Gasteiger partial charge on any atom is -0.504 e. The van der Waals surface area contributed by atoms with Crippen molar-refractivity contribution in [1.82, 2.24) is 105 Å². The predicted molar refractivity (Wildman–Crippen MR) is 554 cm³/mol. The molecular weight excluding hydrogens is 1880 g/mol. The SMILES string of the molecule is CN(C)c1nc(N)nc(NCCc2ccc(O)c(O)c2)n1.CN(C)c1nc(NCc2ccc(O)c(O)c2)nc(N(C)C)n1.CN(CCc1ccc(O)c(O)c1)c1nc(N)nc(N)n1.CNc1nc(N)nc(N(C)CCc2ccc(O)c(O)c2)n1.CNc1nc(N)nc(NCCc2ccc(O)c(O)c2)n1.CNc1nc(NCCc2ccc(O)c(O)c2)nc(N(C)C)n1.Nc1nc(N)nc(NCCc2ccc(O)c(O)c2)n1. The quantitative estimate of drug-likeness (QED) is 0.0253. The monoisotopic (exact) mass is 2000 g/mol. The first kappa shape index (κ1) is 111. The summed E-state index contributed by atoms with van der Waals surface area (Å²) in [4.78, 5) is 96.0. The molecule has 0 bridgehead atoms. The number of anilines is 21. The van der Waals surface area contributed by atoms with Gasteiger partial charge in [0.25, 0.3) is 0 Å². The van der Waals surface area contributed by atoms with Gasteiger partial charge < -0.3 is 184 Å². The molecule has 7 heterocycles. The smallest absolute Gasteiger partial charge is 0.231 e. The van der Waals surface area contributed by atoms with Crippen LogP contribution in [0.25, 0.3) is 0 Å². The molecule has 7 aromatic carbocycles. The first-order chi connectivity index (χ1) is 68.9. The number of rotatable bonds is 34. The van der Waals surface area contributed by atoms with Crippen LogP contribution in [0.2, 0.25) is 0 Å². The van der Waals surface area contributed by atoms with Gasteiger partial charge in [-0.2, -0.15) is 105 Å². The Balaban J connectivity index is 0.000000207. The number of hydrogen-bond donors (Lipinski definition) is 29. The summed E-state index contributed by atoms with van der Waals surface area (Å²) in [7, 11) is 23.6. The molecule has 56 nitrogen and oxygen atoms in total. The number of nitrogens with zero attached hydrogens (tertiary/aromatic N) is 27. The molecule has 56 heteroatoms. The van der Waals surface area contributed by atoms with E-state index in [1.807, 2.05) is 68.3 Å². The number of phenols is 14. The zero-order chi connectivity index (χ0) is 106. The summed E-state index contributed by atoms with van der Waals surface area (Å²) < 4.78 is 0. The summed E-state index contributed by atoms with van der Waals surface area (Å²) in [5, 5.41) is 155. The second-order valence-corrected chi connectivity index (χ2v) is 31.7. The van der Waals surface area contributed by atoms with Crippen LogP contribution >= 0.6 is 0 Å². The molecule has 0 aliphatic rings. The fourth-order valence-corrected chi connectivity index (χ4v) is 11.8. The summed E-state index contributed by atoms with van der Waals surface area (Å²) in [6.45, 7) is 3.84. The molecule has 0 amide bonds. The molecule has 0 atom stereocenters. The van der Waals surface area contributed by atoms with E-state index < -0.39 is 0 Å². The van der Waals surface area contributed by atoms with Crippen molar-refractivity contribution in [3.05, 3.63) is 166 Å². The molecular formula is C89H122N42O14. The lowest BCUT2D eigenvalue weighted by Crippen LogP contribution is -2.23. The highest BCUT2D eigenvalue weighted by Crippen LogP contribution is 2.33. The van der Waals surface area contributed by atoms with Crippen molar-refractivity contribution < 1.29 is 71.5 Å². The Morgan fingerprint density at radius 1 is 0.200 bits per heavy atom. The summed E-state index contributed by atoms with van der Waals surface area (Å²) in [6.07, 6.45) is 3.83. The van der Waals surface area contributed by atoms with E-state index in [9.17, 15) is 71.5 Å². The maximum atomic E-state index is 9.50. The Morgan fingerprint density at radius 3 is 0.697 bits per heavy atom. The minimum atomic E-state index is -0.155. The molecule has 145 heavy (non-hydrogen) atoms. The van der Waals surface area contributed by atoms with E-state index in [1.54, 1.807) is 95.2 Å². The van der Waals surface area contributed by atoms with Gasteiger partial charge >= 0.3 is 0 Å². The van der Waals surface area contributed by atoms with Crippen LogP contribution in [0.4, 0.5) is 125 Å². The number of aromatic nitrogens is 21. The van der Waals surface area contributed by atoms with E-state index in [-0.39, 0.29) is 122 Å². The minimum absolute atomic E-state index is 0.0530. The Morgan fingerprint density at radius 2 is 0.393 bits per heavy atom. The number of nitrogen functional groups attached to an aromatic ring is 7. The molecule has 0 fully saturated rings. The molecule has 7 aromatic heterocycles. The van der Waals surface area contributed by atoms with Gasteiger partial charge in [-0.05, 0) is 162 Å². The Labute approximate surface area is 832 Å². The van der Waals surface area contributed by atoms with E-state index in [0.717, 1.165) is 38.9 Å². The number of nitrogens with two attached hydrogens (primary N) is 7. The normalized spacial score (nSPS) is 10.4. The fraction of sp³-hybridized carbons (Fsp3) is 0.292. The molecule has 14 aromatic rings. The highest BCUT2D eigenvalue weighted by Gasteiger charge is 2.18. The molecule has 0 radical (unpaired) electrons. The predicted octanol–water partition coefficient (Wildman–Crippen LogP) is 4.03. The third kappa shape index (κ3) is 37.1. The van der Waals surface area contributed by atoms with E-state index in [1.165, 1.54) is 84.9 Å². The standard InChI is InChI=1S/2C14H20N6O2.2C13H18N6O2.2C12H16N6O2.C11H14N6O2/c1-19(2)13-16-12(17-14(18-13)20(3)4)15-8-9-5-6-10(21)11(22)7-9;1-15-12-17-13(19-14(18-12)20(2)3)16-7-6-9-4-5-10(21)11(22)8-9;1-19(2)13-17-11(14)16-12(18-13)15-6-5-8-3-4-9(20)10(21)7-8;1-15-12-16-11(14)17-13(18-12)19(2)6-5-8-3-4-9(20)10(21)7-8;1-18(12-16-10(13)15-11(14)17-12)5-4-7-2-3-8(19)9(20)6-7;1-14-11-16-10(13)17-12(18-11)15-5-4-7-2-3-8(19)9(20)6-7;12-9-15-10(13)17-11(16-9)14-4-3-6-1-2-7(18)8(19)5-6/h5-7,21-22H,8H2,1-4H3,(H,15,16,17,18);4-5,8,21-22H,6-7H2,1-3H3,(H2,15,16,17,18,19);2*3-4,7,20-21H,5-6H2,1-2H3,(H3,14,15,16,17,18);2-3,6,19-20H,4-5H2,1H3,(H4,13,14,15,16,17);2-3,6,19-20H,4-5H2,1H3,(H4,13,14,15,16,17,18);1-2,5,18-19H,3-4H2,(H5,12,13,14,15,16,17). The van der Waals surface area contributed by atoms with Crippen molar-refractivity contribution >= 4 is 125 Å². The third-order valence-electron chi connectivity index (χ3n) is 19.4. The third-order valence-corrected chi connectivity index (χ3v) is 19.4. The number of benzene rings is 7. The van der Waals surface area contributed by atoms with Crippen molar-refractivity contribution in [3.63, 3.8) is 0 Å². The van der Waals surface area contributed by atoms with E-state index in [0.29, 0.717) is 168 Å². The van der Waals surface area contributed by atoms with Crippen molar-refractivity contribution in [2.24, 2.45) is 0 Å². The van der Waals surface area contributed by atoms with Gasteiger partial charge in [0.15, 0.2) is 80.5 Å². The molecule has 0 aliphatic heterocycles. The van der Waals surface area contributed by atoms with Crippen LogP contribution in [0.1, 0.15) is 38.9 Å². The Kier molecular flexibility index (Phi) is 41.4. The summed E-state index contributed by atoms with van der Waals surface area (Å²) in [5.74, 6) is 5.06. The molecule has 0 saturated heterocycles. The van der Waals surface area contributed by atoms with Crippen LogP contribution in [0.5, 0.6) is 80.5 Å². The molecule has 36 N–H and O–H groups in total. The average Bonchev–Trinajstić information content (AvgIpc) is 0.839. The summed E-state index contributed by atoms with van der Waals surface area (Å²) >= 11 is 0. The van der Waals surface area contributed by atoms with Crippen LogP contribution in [-0.4, -0.2) is 307 Å². The van der Waals surface area contributed by atoms with Crippen molar-refractivity contribution in [2.45, 2.75) is 45.1 Å². The first-order valence-corrected chi connectivity index (χ1v) is 43.9. The van der Waals surface area contributed by atoms with Gasteiger partial charge in [0.05, 0.1) is 0 Å². The zero-order valence-electron chi connectivity index (χ0n) is 81.7. The van der Waals surface area contributed by atoms with E-state index in [4.69, 9.17) is 40.1 Å². The van der Waals surface area contributed by atoms with Gasteiger partial charge in [-0.25, -0.2) is 0 Å². The maximum Gasteiger partial charge on any atom is 0.231 e. The highest BCUT2D eigenvalue weighted by molar-refractivity contribution is 5.53. The van der Waals surface area contributed by atoms with Crippen molar-refractivity contribution in [1.29, 1.82) is 0 Å². The number of phenolic OH excluding ortho intramolecular Hbond substituents is 14. The van der Waals surface area contributed by atoms with Crippen molar-refractivity contribution in [2.75, 3.05) is 243 Å². The van der Waals surface area contributed by atoms with Crippen LogP contribution in [-0.2, 0) is 45.1 Å². The lowest BCUT2D eigenvalue weighted by Gasteiger charge is -2.17. The fourth-order valence-electron chi connectivity index (χ4n) is 11.8. The van der Waals surface area contributed by atoms with Crippen LogP contribution in [0, 0.1) is 0 Å². The summed E-state index contributed by atoms with van der Waals surface area (Å²) in [6, 6.07) is 32.9. The summed E-state index contributed by atoms with van der Waals surface area (Å²) in [5.41, 5.74) is 44.8. The van der Waals surface area contributed by atoms with Crippen LogP contribution in [0.3, 0.4) is 0 Å². The average molecular weight is 2000 g/mol. The molecule has 0 aliphatic carbocycles. The van der Waals surface area contributed by atoms with Gasteiger partial charge in [0, 0.05) is 137 Å². The van der Waals surface area contributed by atoms with Crippen LogP contribution in [0.15, 0.2) is 127 Å². The van der Waals surface area contributed by atoms with E-state index in [2.05, 4.69) is 147 Å². The topological polar surface area (TPSA) is 852 Å². The van der Waals surface area contributed by atoms with Gasteiger partial charge in [-0.3, -0.25) is 0 Å². The molecule has 772 valence electrons. The molecule has 14 rings (SSSR count). The lowest BCUT2D eigenvalue weighted by atomic mass is 10.1. The van der Waals surface area contributed by atoms with Gasteiger partial charge in [0.2, 0.25) is 125 Å². The van der Waals surface area contributed by atoms with E-state index >= 15 is 0 Å².